The van der Waals surface area contributed by atoms with Gasteiger partial charge in [0.1, 0.15) is 5.60 Å². The molecule has 0 aliphatic carbocycles. The molecule has 0 saturated heterocycles. The molecule has 1 aromatic carbocycles. The Morgan fingerprint density at radius 3 is 2.49 bits per heavy atom. The molecule has 0 aliphatic rings. The lowest BCUT2D eigenvalue weighted by Gasteiger charge is -2.21. The van der Waals surface area contributed by atoms with Crippen LogP contribution >= 0.6 is 11.6 Å². The van der Waals surface area contributed by atoms with Gasteiger partial charge in [-0.15, -0.1) is 0 Å². The number of hydrogen-bond acceptors (Lipinski definition) is 7. The van der Waals surface area contributed by atoms with Gasteiger partial charge in [-0.25, -0.2) is 14.2 Å². The zero-order valence-electron chi connectivity index (χ0n) is 22.2. The Kier molecular flexibility index (Phi) is 6.55. The second kappa shape index (κ2) is 9.73. The van der Waals surface area contributed by atoms with E-state index in [4.69, 9.17) is 16.3 Å². The number of carbonyl (C=O) groups is 1. The summed E-state index contributed by atoms with van der Waals surface area (Å²) in [5, 5.41) is 4.21. The van der Waals surface area contributed by atoms with Crippen LogP contribution in [-0.4, -0.2) is 39.9 Å². The first-order valence-corrected chi connectivity index (χ1v) is 12.8. The summed E-state index contributed by atoms with van der Waals surface area (Å²) in [7, 11) is 1.70. The lowest BCUT2D eigenvalue weighted by atomic mass is 10.2. The van der Waals surface area contributed by atoms with Crippen LogP contribution in [0.5, 0.6) is 0 Å². The van der Waals surface area contributed by atoms with Gasteiger partial charge in [0.05, 0.1) is 17.8 Å². The topological polar surface area (TPSA) is 118 Å². The number of rotatable bonds is 5. The summed E-state index contributed by atoms with van der Waals surface area (Å²) in [5.41, 5.74) is 0.283. The highest BCUT2D eigenvalue weighted by molar-refractivity contribution is 6.35. The quantitative estimate of drug-likeness (QED) is 0.343. The monoisotopic (exact) mass is 549 g/mol. The molecule has 11 nitrogen and oxygen atoms in total. The molecule has 0 fully saturated rings. The first-order valence-electron chi connectivity index (χ1n) is 12.4. The smallest absolute Gasteiger partial charge is 0.419 e. The Hall–Kier alpha value is -4.38. The first kappa shape index (κ1) is 26.2. The van der Waals surface area contributed by atoms with Gasteiger partial charge in [-0.1, -0.05) is 17.7 Å². The van der Waals surface area contributed by atoms with Crippen LogP contribution in [0, 0.1) is 0 Å². The molecule has 0 amide bonds. The molecule has 0 bridgehead atoms. The van der Waals surface area contributed by atoms with Gasteiger partial charge in [-0.05, 0) is 58.0 Å². The number of pyridine rings is 1. The van der Waals surface area contributed by atoms with Crippen molar-refractivity contribution >= 4 is 51.4 Å². The Balaban J connectivity index is 1.69. The molecule has 0 unspecified atom stereocenters. The number of nitrogens with one attached hydrogen (secondary N) is 1. The van der Waals surface area contributed by atoms with Gasteiger partial charge in [0.2, 0.25) is 5.95 Å². The van der Waals surface area contributed by atoms with Crippen molar-refractivity contribution in [2.75, 3.05) is 5.32 Å². The van der Waals surface area contributed by atoms with Crippen molar-refractivity contribution in [2.24, 2.45) is 7.05 Å². The Morgan fingerprint density at radius 2 is 1.82 bits per heavy atom. The van der Waals surface area contributed by atoms with Crippen LogP contribution in [0.25, 0.3) is 22.1 Å². The summed E-state index contributed by atoms with van der Waals surface area (Å²) in [6.07, 6.45) is 2.63. The summed E-state index contributed by atoms with van der Waals surface area (Å²) >= 11 is 6.44. The molecule has 0 atom stereocenters. The SMILES string of the molecule is CCn1c(=O)n(Cc2cc3c(Cl)cccc3n2C(=O)OC(C)(C)C)c(=O)c2c1nc(Nc1ccncc1)n2C. The van der Waals surface area contributed by atoms with E-state index in [1.807, 2.05) is 0 Å². The second-order valence-corrected chi connectivity index (χ2v) is 10.5. The molecular formula is C27H28ClN7O4. The highest BCUT2D eigenvalue weighted by atomic mass is 35.5. The van der Waals surface area contributed by atoms with E-state index in [1.165, 1.54) is 9.13 Å². The average molecular weight is 550 g/mol. The molecule has 4 heterocycles. The van der Waals surface area contributed by atoms with Crippen LogP contribution in [0.4, 0.5) is 16.4 Å². The molecule has 0 spiro atoms. The van der Waals surface area contributed by atoms with E-state index < -0.39 is 22.9 Å². The Bertz CT molecular complexity index is 1840. The third kappa shape index (κ3) is 4.69. The van der Waals surface area contributed by atoms with E-state index in [-0.39, 0.29) is 24.3 Å². The molecule has 0 aliphatic heterocycles. The van der Waals surface area contributed by atoms with Crippen LogP contribution in [0.2, 0.25) is 5.02 Å². The fraction of sp³-hybridized carbons (Fsp3) is 0.296. The van der Waals surface area contributed by atoms with Crippen molar-refractivity contribution in [2.45, 2.75) is 46.4 Å². The summed E-state index contributed by atoms with van der Waals surface area (Å²) < 4.78 is 11.2. The summed E-state index contributed by atoms with van der Waals surface area (Å²) in [6, 6.07) is 10.4. The van der Waals surface area contributed by atoms with Gasteiger partial charge in [0.15, 0.2) is 11.2 Å². The lowest BCUT2D eigenvalue weighted by Crippen LogP contribution is -2.41. The number of nitrogens with zero attached hydrogens (tertiary/aromatic N) is 6. The number of ether oxygens (including phenoxy) is 1. The minimum Gasteiger partial charge on any atom is -0.443 e. The van der Waals surface area contributed by atoms with Gasteiger partial charge in [0, 0.05) is 42.1 Å². The number of halogens is 1. The van der Waals surface area contributed by atoms with Crippen molar-refractivity contribution in [1.29, 1.82) is 0 Å². The summed E-state index contributed by atoms with van der Waals surface area (Å²) in [5.74, 6) is 0.391. The van der Waals surface area contributed by atoms with Crippen molar-refractivity contribution in [1.82, 2.24) is 28.2 Å². The molecule has 4 aromatic heterocycles. The number of hydrogen-bond donors (Lipinski definition) is 1. The van der Waals surface area contributed by atoms with Gasteiger partial charge in [0.25, 0.3) is 5.56 Å². The zero-order chi connectivity index (χ0) is 28.1. The molecule has 12 heteroatoms. The highest BCUT2D eigenvalue weighted by Crippen LogP contribution is 2.28. The molecule has 1 N–H and O–H groups in total. The fourth-order valence-electron chi connectivity index (χ4n) is 4.51. The van der Waals surface area contributed by atoms with Crippen LogP contribution in [-0.2, 0) is 24.9 Å². The molecule has 39 heavy (non-hydrogen) atoms. The molecule has 0 saturated carbocycles. The minimum absolute atomic E-state index is 0.184. The van der Waals surface area contributed by atoms with Crippen molar-refractivity contribution in [3.05, 3.63) is 80.3 Å². The van der Waals surface area contributed by atoms with Crippen molar-refractivity contribution in [3.63, 3.8) is 0 Å². The average Bonchev–Trinajstić information content (AvgIpc) is 3.40. The normalized spacial score (nSPS) is 11.8. The standard InChI is InChI=1S/C27H28ClN7O4/c1-6-33-22-21(32(5)24(31-22)30-16-10-12-29-13-11-16)23(36)34(25(33)37)15-17-14-18-19(28)8-7-9-20(18)35(17)26(38)39-27(2,3)4/h7-14H,6,15H2,1-5H3,(H,29,30,31). The predicted molar refractivity (Wildman–Crippen MR) is 150 cm³/mol. The number of benzene rings is 1. The predicted octanol–water partition coefficient (Wildman–Crippen LogP) is 4.49. The lowest BCUT2D eigenvalue weighted by molar-refractivity contribution is 0.0540. The Labute approximate surface area is 228 Å². The van der Waals surface area contributed by atoms with E-state index in [0.29, 0.717) is 27.6 Å². The summed E-state index contributed by atoms with van der Waals surface area (Å²) in [6.45, 7) is 7.20. The minimum atomic E-state index is -0.763. The van der Waals surface area contributed by atoms with E-state index >= 15 is 0 Å². The van der Waals surface area contributed by atoms with E-state index in [9.17, 15) is 14.4 Å². The summed E-state index contributed by atoms with van der Waals surface area (Å²) in [4.78, 5) is 49.3. The van der Waals surface area contributed by atoms with Gasteiger partial charge >= 0.3 is 11.8 Å². The Morgan fingerprint density at radius 1 is 1.10 bits per heavy atom. The van der Waals surface area contributed by atoms with Gasteiger partial charge in [-0.3, -0.25) is 18.9 Å². The van der Waals surface area contributed by atoms with E-state index in [0.717, 1.165) is 10.3 Å². The zero-order valence-corrected chi connectivity index (χ0v) is 23.0. The van der Waals surface area contributed by atoms with E-state index in [2.05, 4.69) is 15.3 Å². The fourth-order valence-corrected chi connectivity index (χ4v) is 4.74. The number of carbonyl (C=O) groups excluding carboxylic acids is 1. The first-order chi connectivity index (χ1) is 18.5. The number of imidazole rings is 1. The number of aryl methyl sites for hydroxylation is 2. The molecule has 5 aromatic rings. The highest BCUT2D eigenvalue weighted by Gasteiger charge is 2.25. The molecule has 0 radical (unpaired) electrons. The molecular weight excluding hydrogens is 522 g/mol. The third-order valence-corrected chi connectivity index (χ3v) is 6.59. The maximum atomic E-state index is 13.8. The van der Waals surface area contributed by atoms with Crippen LogP contribution < -0.4 is 16.6 Å². The second-order valence-electron chi connectivity index (χ2n) is 10.1. The largest absolute Gasteiger partial charge is 0.443 e. The van der Waals surface area contributed by atoms with Gasteiger partial charge < -0.3 is 14.6 Å². The van der Waals surface area contributed by atoms with Crippen molar-refractivity contribution in [3.8, 4) is 0 Å². The molecule has 202 valence electrons. The van der Waals surface area contributed by atoms with Gasteiger partial charge in [-0.2, -0.15) is 4.98 Å². The number of aromatic nitrogens is 6. The molecule has 5 rings (SSSR count). The maximum absolute atomic E-state index is 13.8. The maximum Gasteiger partial charge on any atom is 0.419 e. The van der Waals surface area contributed by atoms with Crippen LogP contribution in [0.3, 0.4) is 0 Å². The third-order valence-electron chi connectivity index (χ3n) is 6.26. The van der Waals surface area contributed by atoms with Crippen LogP contribution in [0.15, 0.2) is 58.4 Å². The van der Waals surface area contributed by atoms with E-state index in [1.54, 1.807) is 88.1 Å². The number of anilines is 2. The van der Waals surface area contributed by atoms with Crippen molar-refractivity contribution < 1.29 is 9.53 Å². The number of fused-ring (bicyclic) bond motifs is 2. The van der Waals surface area contributed by atoms with Crippen LogP contribution in [0.1, 0.15) is 33.4 Å².